The second-order valence-corrected chi connectivity index (χ2v) is 7.28. The van der Waals surface area contributed by atoms with E-state index in [1.54, 1.807) is 24.3 Å². The van der Waals surface area contributed by atoms with E-state index in [2.05, 4.69) is 16.0 Å². The molecule has 1 aliphatic carbocycles. The average molecular weight is 408 g/mol. The summed E-state index contributed by atoms with van der Waals surface area (Å²) in [5, 5.41) is 7.73. The van der Waals surface area contributed by atoms with Crippen molar-refractivity contribution in [3.05, 3.63) is 29.8 Å². The summed E-state index contributed by atoms with van der Waals surface area (Å²) in [4.78, 5) is 47.5. The van der Waals surface area contributed by atoms with Crippen molar-refractivity contribution in [1.29, 1.82) is 0 Å². The van der Waals surface area contributed by atoms with Crippen LogP contribution in [0.2, 0.25) is 0 Å². The van der Waals surface area contributed by atoms with Crippen LogP contribution in [0.15, 0.2) is 24.3 Å². The molecular weight excluding hydrogens is 384 g/mol. The van der Waals surface area contributed by atoms with Gasteiger partial charge in [0, 0.05) is 6.04 Å². The molecule has 1 aromatic rings. The van der Waals surface area contributed by atoms with Gasteiger partial charge in [0.05, 0.1) is 11.3 Å². The molecule has 0 saturated heterocycles. The highest BCUT2D eigenvalue weighted by Crippen LogP contribution is 2.21. The van der Waals surface area contributed by atoms with Crippen LogP contribution in [0, 0.1) is 0 Å². The molecule has 152 valence electrons. The van der Waals surface area contributed by atoms with E-state index in [4.69, 9.17) is 10.5 Å². The molecule has 1 aliphatic rings. The molecule has 5 N–H and O–H groups in total. The van der Waals surface area contributed by atoms with E-state index in [9.17, 15) is 19.2 Å². The second-order valence-electron chi connectivity index (χ2n) is 6.29. The van der Waals surface area contributed by atoms with Crippen molar-refractivity contribution in [2.45, 2.75) is 31.3 Å². The predicted molar refractivity (Wildman–Crippen MR) is 106 cm³/mol. The Bertz CT molecular complexity index is 738. The summed E-state index contributed by atoms with van der Waals surface area (Å²) in [5.74, 6) is -1.00. The highest BCUT2D eigenvalue weighted by molar-refractivity contribution is 7.98. The van der Waals surface area contributed by atoms with Crippen LogP contribution in [0.4, 0.5) is 10.5 Å². The van der Waals surface area contributed by atoms with Crippen molar-refractivity contribution in [1.82, 2.24) is 10.6 Å². The number of anilines is 1. The standard InChI is InChI=1S/C18H24N4O5S/c1-28-9-8-14(22-18(19)26)17(25)27-10-15(23)21-13-5-3-2-4-12(13)16(24)20-11-6-7-11/h2-5,11,14H,6-10H2,1H3,(H,20,24)(H,21,23)(H3,19,22,26)/t14-/m0/s1. The molecule has 1 atom stereocenters. The number of para-hydroxylation sites is 1. The van der Waals surface area contributed by atoms with Crippen LogP contribution in [-0.4, -0.2) is 54.5 Å². The smallest absolute Gasteiger partial charge is 0.329 e. The molecule has 2 rings (SSSR count). The van der Waals surface area contributed by atoms with Crippen LogP contribution in [0.5, 0.6) is 0 Å². The van der Waals surface area contributed by atoms with E-state index in [-0.39, 0.29) is 11.9 Å². The van der Waals surface area contributed by atoms with E-state index in [0.717, 1.165) is 12.8 Å². The zero-order valence-corrected chi connectivity index (χ0v) is 16.3. The molecule has 1 fully saturated rings. The molecule has 1 aromatic carbocycles. The molecule has 0 spiro atoms. The molecule has 4 amide bonds. The molecule has 0 radical (unpaired) electrons. The van der Waals surface area contributed by atoms with E-state index in [1.807, 2.05) is 6.26 Å². The fraction of sp³-hybridized carbons (Fsp3) is 0.444. The lowest BCUT2D eigenvalue weighted by molar-refractivity contribution is -0.149. The van der Waals surface area contributed by atoms with Gasteiger partial charge in [-0.1, -0.05) is 12.1 Å². The van der Waals surface area contributed by atoms with Gasteiger partial charge < -0.3 is 26.4 Å². The Morgan fingerprint density at radius 3 is 2.61 bits per heavy atom. The van der Waals surface area contributed by atoms with Crippen LogP contribution in [-0.2, 0) is 14.3 Å². The molecule has 0 aliphatic heterocycles. The average Bonchev–Trinajstić information content (AvgIpc) is 3.47. The second kappa shape index (κ2) is 10.5. The number of thioether (sulfide) groups is 1. The van der Waals surface area contributed by atoms with Gasteiger partial charge in [-0.2, -0.15) is 11.8 Å². The van der Waals surface area contributed by atoms with Gasteiger partial charge in [-0.15, -0.1) is 0 Å². The first-order valence-electron chi connectivity index (χ1n) is 8.82. The Hall–Kier alpha value is -2.75. The van der Waals surface area contributed by atoms with E-state index >= 15 is 0 Å². The Balaban J connectivity index is 1.90. The SMILES string of the molecule is CSCC[C@H](NC(N)=O)C(=O)OCC(=O)Nc1ccccc1C(=O)NC1CC1. The number of ether oxygens (including phenoxy) is 1. The highest BCUT2D eigenvalue weighted by atomic mass is 32.2. The number of urea groups is 1. The predicted octanol–water partition coefficient (Wildman–Crippen LogP) is 0.851. The van der Waals surface area contributed by atoms with Crippen LogP contribution in [0.1, 0.15) is 29.6 Å². The first kappa shape index (κ1) is 21.5. The number of primary amides is 1. The summed E-state index contributed by atoms with van der Waals surface area (Å²) >= 11 is 1.50. The highest BCUT2D eigenvalue weighted by Gasteiger charge is 2.25. The number of carbonyl (C=O) groups is 4. The molecular formula is C18H24N4O5S. The molecule has 0 bridgehead atoms. The minimum atomic E-state index is -0.922. The summed E-state index contributed by atoms with van der Waals surface area (Å²) in [6, 6.07) is 5.01. The molecule has 10 heteroatoms. The van der Waals surface area contributed by atoms with Crippen LogP contribution in [0.3, 0.4) is 0 Å². The Morgan fingerprint density at radius 2 is 1.96 bits per heavy atom. The van der Waals surface area contributed by atoms with Crippen molar-refractivity contribution >= 4 is 41.3 Å². The van der Waals surface area contributed by atoms with E-state index in [0.29, 0.717) is 23.4 Å². The maximum atomic E-state index is 12.3. The minimum absolute atomic E-state index is 0.188. The Morgan fingerprint density at radius 1 is 1.25 bits per heavy atom. The fourth-order valence-electron chi connectivity index (χ4n) is 2.36. The van der Waals surface area contributed by atoms with Gasteiger partial charge in [0.25, 0.3) is 11.8 Å². The molecule has 0 heterocycles. The molecule has 9 nitrogen and oxygen atoms in total. The zero-order valence-electron chi connectivity index (χ0n) is 15.5. The molecule has 28 heavy (non-hydrogen) atoms. The van der Waals surface area contributed by atoms with Crippen molar-refractivity contribution in [2.75, 3.05) is 23.9 Å². The van der Waals surface area contributed by atoms with Gasteiger partial charge in [0.15, 0.2) is 6.61 Å². The molecule has 0 aromatic heterocycles. The van der Waals surface area contributed by atoms with Crippen LogP contribution in [0.25, 0.3) is 0 Å². The monoisotopic (exact) mass is 408 g/mol. The number of carbonyl (C=O) groups excluding carboxylic acids is 4. The Kier molecular flexibility index (Phi) is 8.12. The van der Waals surface area contributed by atoms with Gasteiger partial charge in [-0.3, -0.25) is 9.59 Å². The van der Waals surface area contributed by atoms with Gasteiger partial charge >= 0.3 is 12.0 Å². The minimum Gasteiger partial charge on any atom is -0.454 e. The lowest BCUT2D eigenvalue weighted by Crippen LogP contribution is -2.45. The number of nitrogens with two attached hydrogens (primary N) is 1. The van der Waals surface area contributed by atoms with Gasteiger partial charge in [-0.25, -0.2) is 9.59 Å². The molecule has 0 unspecified atom stereocenters. The van der Waals surface area contributed by atoms with E-state index < -0.39 is 30.6 Å². The summed E-state index contributed by atoms with van der Waals surface area (Å²) in [6.07, 6.45) is 4.09. The normalized spacial score (nSPS) is 13.9. The Labute approximate surface area is 167 Å². The third kappa shape index (κ3) is 7.10. The van der Waals surface area contributed by atoms with Crippen molar-refractivity contribution < 1.29 is 23.9 Å². The summed E-state index contributed by atoms with van der Waals surface area (Å²) < 4.78 is 4.98. The summed E-state index contributed by atoms with van der Waals surface area (Å²) in [7, 11) is 0. The quantitative estimate of drug-likeness (QED) is 0.423. The van der Waals surface area contributed by atoms with Crippen LogP contribution < -0.4 is 21.7 Å². The zero-order chi connectivity index (χ0) is 20.5. The number of rotatable bonds is 10. The third-order valence-electron chi connectivity index (χ3n) is 3.92. The van der Waals surface area contributed by atoms with Gasteiger partial charge in [-0.05, 0) is 43.4 Å². The number of benzene rings is 1. The first-order chi connectivity index (χ1) is 13.4. The number of nitrogens with one attached hydrogen (secondary N) is 3. The largest absolute Gasteiger partial charge is 0.454 e. The summed E-state index contributed by atoms with van der Waals surface area (Å²) in [5.41, 5.74) is 5.73. The maximum Gasteiger partial charge on any atom is 0.329 e. The maximum absolute atomic E-state index is 12.3. The number of hydrogen-bond donors (Lipinski definition) is 4. The van der Waals surface area contributed by atoms with Crippen LogP contribution >= 0.6 is 11.8 Å². The number of esters is 1. The fourth-order valence-corrected chi connectivity index (χ4v) is 2.83. The van der Waals surface area contributed by atoms with Crippen molar-refractivity contribution in [2.24, 2.45) is 5.73 Å². The van der Waals surface area contributed by atoms with E-state index in [1.165, 1.54) is 11.8 Å². The topological polar surface area (TPSA) is 140 Å². The number of hydrogen-bond acceptors (Lipinski definition) is 6. The van der Waals surface area contributed by atoms with Crippen molar-refractivity contribution in [3.8, 4) is 0 Å². The van der Waals surface area contributed by atoms with Gasteiger partial charge in [0.1, 0.15) is 6.04 Å². The number of amides is 4. The van der Waals surface area contributed by atoms with Crippen molar-refractivity contribution in [3.63, 3.8) is 0 Å². The van der Waals surface area contributed by atoms with Gasteiger partial charge in [0.2, 0.25) is 0 Å². The molecule has 1 saturated carbocycles. The third-order valence-corrected chi connectivity index (χ3v) is 4.56. The first-order valence-corrected chi connectivity index (χ1v) is 10.2. The summed E-state index contributed by atoms with van der Waals surface area (Å²) in [6.45, 7) is -0.548. The lowest BCUT2D eigenvalue weighted by atomic mass is 10.1. The lowest BCUT2D eigenvalue weighted by Gasteiger charge is -2.16.